The van der Waals surface area contributed by atoms with E-state index in [0.29, 0.717) is 25.8 Å². The monoisotopic (exact) mass is 295 g/mol. The van der Waals surface area contributed by atoms with Crippen molar-refractivity contribution in [2.45, 2.75) is 49.7 Å². The van der Waals surface area contributed by atoms with Gasteiger partial charge in [0.05, 0.1) is 18.6 Å². The van der Waals surface area contributed by atoms with E-state index in [1.807, 2.05) is 0 Å². The molecule has 116 valence electrons. The fourth-order valence-corrected chi connectivity index (χ4v) is 3.50. The third-order valence-electron chi connectivity index (χ3n) is 5.03. The van der Waals surface area contributed by atoms with Gasteiger partial charge in [0, 0.05) is 13.7 Å². The second kappa shape index (κ2) is 4.98. The van der Waals surface area contributed by atoms with Crippen LogP contribution < -0.4 is 10.6 Å². The van der Waals surface area contributed by atoms with Gasteiger partial charge in [-0.25, -0.2) is 4.79 Å². The average molecular weight is 295 g/mol. The zero-order chi connectivity index (χ0) is 15.1. The summed E-state index contributed by atoms with van der Waals surface area (Å²) in [5, 5.41) is 4.95. The molecular weight excluding hydrogens is 274 g/mol. The highest BCUT2D eigenvalue weighted by Crippen LogP contribution is 2.39. The molecule has 1 saturated carbocycles. The summed E-state index contributed by atoms with van der Waals surface area (Å²) in [5.74, 6) is -0.320. The minimum Gasteiger partial charge on any atom is -0.378 e. The number of methoxy groups -OCH3 is 1. The van der Waals surface area contributed by atoms with Gasteiger partial charge in [-0.3, -0.25) is 14.9 Å². The number of hydrogen-bond donors (Lipinski definition) is 2. The van der Waals surface area contributed by atoms with E-state index in [0.717, 1.165) is 19.3 Å². The molecule has 2 aliphatic heterocycles. The number of likely N-dealkylation sites (tertiary alicyclic amines) is 1. The number of urea groups is 1. The zero-order valence-corrected chi connectivity index (χ0v) is 12.2. The molecule has 7 heteroatoms. The molecule has 3 fully saturated rings. The number of imide groups is 1. The molecule has 2 N–H and O–H groups in total. The first kappa shape index (κ1) is 14.3. The van der Waals surface area contributed by atoms with Gasteiger partial charge in [0.1, 0.15) is 5.54 Å². The van der Waals surface area contributed by atoms with Crippen molar-refractivity contribution in [1.29, 1.82) is 0 Å². The van der Waals surface area contributed by atoms with Gasteiger partial charge in [-0.1, -0.05) is 0 Å². The van der Waals surface area contributed by atoms with Crippen molar-refractivity contribution in [1.82, 2.24) is 15.5 Å². The summed E-state index contributed by atoms with van der Waals surface area (Å²) in [6.45, 7) is 0.882. The Morgan fingerprint density at radius 3 is 2.57 bits per heavy atom. The van der Waals surface area contributed by atoms with E-state index in [9.17, 15) is 14.4 Å². The Labute approximate surface area is 123 Å². The Kier molecular flexibility index (Phi) is 3.39. The van der Waals surface area contributed by atoms with Crippen molar-refractivity contribution in [3.05, 3.63) is 0 Å². The number of nitrogens with zero attached hydrogens (tertiary/aromatic N) is 1. The summed E-state index contributed by atoms with van der Waals surface area (Å²) in [7, 11) is 1.65. The molecule has 1 aliphatic carbocycles. The second-order valence-electron chi connectivity index (χ2n) is 6.33. The lowest BCUT2D eigenvalue weighted by Crippen LogP contribution is -2.60. The molecule has 1 spiro atoms. The van der Waals surface area contributed by atoms with Crippen LogP contribution in [0.25, 0.3) is 0 Å². The Balaban J connectivity index is 1.67. The molecule has 3 rings (SSSR count). The summed E-state index contributed by atoms with van der Waals surface area (Å²) >= 11 is 0. The minimum absolute atomic E-state index is 0.00424. The molecule has 1 atom stereocenters. The Morgan fingerprint density at radius 2 is 2.05 bits per heavy atom. The highest BCUT2D eigenvalue weighted by atomic mass is 16.5. The Morgan fingerprint density at radius 1 is 1.29 bits per heavy atom. The number of piperidine rings is 1. The number of carbonyl (C=O) groups excluding carboxylic acids is 3. The quantitative estimate of drug-likeness (QED) is 0.725. The number of ether oxygens (including phenoxy) is 1. The highest BCUT2D eigenvalue weighted by Gasteiger charge is 2.50. The van der Waals surface area contributed by atoms with E-state index in [4.69, 9.17) is 4.74 Å². The van der Waals surface area contributed by atoms with E-state index in [1.54, 1.807) is 12.0 Å². The van der Waals surface area contributed by atoms with Gasteiger partial charge in [-0.15, -0.1) is 0 Å². The lowest BCUT2D eigenvalue weighted by Gasteiger charge is -2.43. The summed E-state index contributed by atoms with van der Waals surface area (Å²) in [4.78, 5) is 37.5. The molecule has 3 aliphatic rings. The van der Waals surface area contributed by atoms with Crippen molar-refractivity contribution in [2.75, 3.05) is 20.2 Å². The van der Waals surface area contributed by atoms with Crippen LogP contribution in [0.4, 0.5) is 4.79 Å². The van der Waals surface area contributed by atoms with Crippen LogP contribution in [0.2, 0.25) is 0 Å². The molecule has 2 heterocycles. The van der Waals surface area contributed by atoms with Crippen LogP contribution in [0, 0.1) is 0 Å². The van der Waals surface area contributed by atoms with Crippen LogP contribution in [0.3, 0.4) is 0 Å². The van der Waals surface area contributed by atoms with Crippen LogP contribution >= 0.6 is 0 Å². The molecule has 0 radical (unpaired) electrons. The maximum absolute atomic E-state index is 12.5. The number of amides is 4. The lowest BCUT2D eigenvalue weighted by atomic mass is 9.77. The third kappa shape index (κ3) is 2.39. The highest BCUT2D eigenvalue weighted by molar-refractivity contribution is 6.07. The first-order valence-corrected chi connectivity index (χ1v) is 7.45. The molecule has 21 heavy (non-hydrogen) atoms. The molecule has 0 aromatic rings. The predicted molar refractivity (Wildman–Crippen MR) is 73.4 cm³/mol. The van der Waals surface area contributed by atoms with Gasteiger partial charge in [0.25, 0.3) is 5.91 Å². The van der Waals surface area contributed by atoms with E-state index in [-0.39, 0.29) is 24.0 Å². The predicted octanol–water partition coefficient (Wildman–Crippen LogP) is 0.146. The molecule has 0 aromatic heterocycles. The van der Waals surface area contributed by atoms with E-state index >= 15 is 0 Å². The van der Waals surface area contributed by atoms with E-state index in [1.165, 1.54) is 0 Å². The summed E-state index contributed by atoms with van der Waals surface area (Å²) in [5.41, 5.74) is -1.26. The van der Waals surface area contributed by atoms with Crippen molar-refractivity contribution in [2.24, 2.45) is 0 Å². The summed E-state index contributed by atoms with van der Waals surface area (Å²) in [6.07, 6.45) is 4.54. The van der Waals surface area contributed by atoms with Gasteiger partial charge < -0.3 is 15.0 Å². The van der Waals surface area contributed by atoms with Crippen molar-refractivity contribution >= 4 is 17.8 Å². The van der Waals surface area contributed by atoms with Gasteiger partial charge >= 0.3 is 6.03 Å². The van der Waals surface area contributed by atoms with Gasteiger partial charge in [0.2, 0.25) is 5.91 Å². The first-order valence-electron chi connectivity index (χ1n) is 7.45. The summed E-state index contributed by atoms with van der Waals surface area (Å²) in [6, 6.07) is -0.471. The fraction of sp³-hybridized carbons (Fsp3) is 0.786. The number of nitrogens with one attached hydrogen (secondary N) is 2. The van der Waals surface area contributed by atoms with Gasteiger partial charge in [-0.2, -0.15) is 0 Å². The molecule has 2 saturated heterocycles. The SMILES string of the molecule is COC1(CC(=O)N2CCCC3(C2)NC(=O)NC3=O)CCC1. The zero-order valence-electron chi connectivity index (χ0n) is 12.2. The smallest absolute Gasteiger partial charge is 0.322 e. The van der Waals surface area contributed by atoms with Gasteiger partial charge in [0.15, 0.2) is 0 Å². The van der Waals surface area contributed by atoms with Crippen molar-refractivity contribution in [3.8, 4) is 0 Å². The van der Waals surface area contributed by atoms with Crippen LogP contribution in [-0.2, 0) is 14.3 Å². The molecule has 7 nitrogen and oxygen atoms in total. The number of carbonyl (C=O) groups is 3. The average Bonchev–Trinajstić information content (AvgIpc) is 2.68. The van der Waals surface area contributed by atoms with Crippen molar-refractivity contribution < 1.29 is 19.1 Å². The Hall–Kier alpha value is -1.63. The third-order valence-corrected chi connectivity index (χ3v) is 5.03. The standard InChI is InChI=1S/C14H21N3O4/c1-21-13(4-2-5-13)8-10(18)17-7-3-6-14(9-17)11(19)15-12(20)16-14/h2-9H2,1H3,(H2,15,16,19,20). The largest absolute Gasteiger partial charge is 0.378 e. The molecular formula is C14H21N3O4. The van der Waals surface area contributed by atoms with Gasteiger partial charge in [-0.05, 0) is 32.1 Å². The maximum atomic E-state index is 12.5. The Bertz CT molecular complexity index is 483. The second-order valence-corrected chi connectivity index (χ2v) is 6.33. The van der Waals surface area contributed by atoms with Crippen LogP contribution in [0.15, 0.2) is 0 Å². The van der Waals surface area contributed by atoms with Crippen LogP contribution in [0.1, 0.15) is 38.5 Å². The minimum atomic E-state index is -0.940. The summed E-state index contributed by atoms with van der Waals surface area (Å²) < 4.78 is 5.49. The molecule has 0 aromatic carbocycles. The topological polar surface area (TPSA) is 87.7 Å². The molecule has 1 unspecified atom stereocenters. The maximum Gasteiger partial charge on any atom is 0.322 e. The lowest BCUT2D eigenvalue weighted by molar-refractivity contribution is -0.147. The first-order chi connectivity index (χ1) is 9.99. The normalized spacial score (nSPS) is 30.8. The number of rotatable bonds is 3. The number of hydrogen-bond acceptors (Lipinski definition) is 4. The van der Waals surface area contributed by atoms with E-state index < -0.39 is 11.6 Å². The van der Waals surface area contributed by atoms with Crippen molar-refractivity contribution in [3.63, 3.8) is 0 Å². The fourth-order valence-electron chi connectivity index (χ4n) is 3.50. The van der Waals surface area contributed by atoms with Crippen LogP contribution in [-0.4, -0.2) is 54.1 Å². The van der Waals surface area contributed by atoms with Crippen LogP contribution in [0.5, 0.6) is 0 Å². The molecule has 0 bridgehead atoms. The molecule has 4 amide bonds. The van der Waals surface area contributed by atoms with E-state index in [2.05, 4.69) is 10.6 Å².